The third-order valence-corrected chi connectivity index (χ3v) is 4.87. The van der Waals surface area contributed by atoms with Crippen molar-refractivity contribution in [3.8, 4) is 0 Å². The molecule has 0 N–H and O–H groups in total. The molecule has 1 saturated heterocycles. The number of piperidine rings is 1. The van der Waals surface area contributed by atoms with Crippen LogP contribution in [0.5, 0.6) is 0 Å². The van der Waals surface area contributed by atoms with Crippen molar-refractivity contribution in [3.63, 3.8) is 0 Å². The fourth-order valence-electron chi connectivity index (χ4n) is 2.64. The summed E-state index contributed by atoms with van der Waals surface area (Å²) in [6, 6.07) is 0. The highest BCUT2D eigenvalue weighted by Gasteiger charge is 2.27. The first-order chi connectivity index (χ1) is 8.95. The van der Waals surface area contributed by atoms with Gasteiger partial charge >= 0.3 is 0 Å². The molecule has 4 heteroatoms. The predicted molar refractivity (Wildman–Crippen MR) is 81.4 cm³/mol. The van der Waals surface area contributed by atoms with E-state index in [4.69, 9.17) is 4.98 Å². The minimum Gasteiger partial charge on any atom is -0.348 e. The second-order valence-electron chi connectivity index (χ2n) is 6.44. The van der Waals surface area contributed by atoms with Crippen molar-refractivity contribution >= 4 is 22.8 Å². The lowest BCUT2D eigenvalue weighted by Gasteiger charge is -2.32. The van der Waals surface area contributed by atoms with Crippen LogP contribution in [-0.4, -0.2) is 24.4 Å². The molecular weight excluding hydrogens is 256 g/mol. The number of carbonyl (C=O) groups excluding carboxylic acids is 1. The molecule has 0 aliphatic carbocycles. The Balaban J connectivity index is 2.25. The van der Waals surface area contributed by atoms with E-state index in [1.54, 1.807) is 11.3 Å². The van der Waals surface area contributed by atoms with Crippen LogP contribution in [0.4, 0.5) is 5.13 Å². The van der Waals surface area contributed by atoms with Crippen LogP contribution in [0.2, 0.25) is 0 Å². The first kappa shape index (κ1) is 14.5. The molecule has 2 rings (SSSR count). The number of carbonyl (C=O) groups is 1. The molecule has 0 bridgehead atoms. The molecule has 0 radical (unpaired) electrons. The summed E-state index contributed by atoms with van der Waals surface area (Å²) in [5.41, 5.74) is 0.881. The maximum atomic E-state index is 11.2. The molecule has 0 spiro atoms. The first-order valence-corrected chi connectivity index (χ1v) is 7.98. The lowest BCUT2D eigenvalue weighted by atomic mass is 9.91. The zero-order valence-electron chi connectivity index (χ0n) is 12.4. The molecule has 2 heterocycles. The van der Waals surface area contributed by atoms with Gasteiger partial charge in [0.25, 0.3) is 0 Å². The van der Waals surface area contributed by atoms with Crippen LogP contribution >= 0.6 is 11.3 Å². The number of rotatable bonds is 3. The molecule has 0 saturated carbocycles. The fourth-order valence-corrected chi connectivity index (χ4v) is 3.77. The van der Waals surface area contributed by atoms with Crippen molar-refractivity contribution in [2.24, 2.45) is 5.92 Å². The van der Waals surface area contributed by atoms with Crippen molar-refractivity contribution in [1.82, 2.24) is 4.98 Å². The molecule has 19 heavy (non-hydrogen) atoms. The van der Waals surface area contributed by atoms with Gasteiger partial charge in [-0.1, -0.05) is 45.5 Å². The summed E-state index contributed by atoms with van der Waals surface area (Å²) >= 11 is 1.55. The van der Waals surface area contributed by atoms with E-state index in [2.05, 4.69) is 32.6 Å². The van der Waals surface area contributed by atoms with E-state index in [0.29, 0.717) is 0 Å². The molecule has 1 aromatic rings. The van der Waals surface area contributed by atoms with Crippen LogP contribution in [0.15, 0.2) is 0 Å². The van der Waals surface area contributed by atoms with Crippen molar-refractivity contribution in [2.75, 3.05) is 18.0 Å². The number of thiazole rings is 1. The number of hydrogen-bond acceptors (Lipinski definition) is 4. The zero-order valence-corrected chi connectivity index (χ0v) is 13.2. The van der Waals surface area contributed by atoms with E-state index < -0.39 is 0 Å². The highest BCUT2D eigenvalue weighted by Crippen LogP contribution is 2.34. The van der Waals surface area contributed by atoms with Gasteiger partial charge in [-0.05, 0) is 18.8 Å². The van der Waals surface area contributed by atoms with Gasteiger partial charge in [-0.2, -0.15) is 0 Å². The van der Waals surface area contributed by atoms with Gasteiger partial charge in [0.05, 0.1) is 10.6 Å². The van der Waals surface area contributed by atoms with E-state index in [0.717, 1.165) is 41.0 Å². The number of aromatic nitrogens is 1. The second kappa shape index (κ2) is 5.61. The van der Waals surface area contributed by atoms with E-state index in [9.17, 15) is 4.79 Å². The van der Waals surface area contributed by atoms with Gasteiger partial charge < -0.3 is 4.90 Å². The van der Waals surface area contributed by atoms with Crippen LogP contribution in [0.25, 0.3) is 0 Å². The number of hydrogen-bond donors (Lipinski definition) is 0. The standard InChI is InChI=1S/C15H24N2OS/c1-5-11-7-6-8-17(9-11)14-16-13(15(2,3)4)12(10-18)19-14/h10-11H,5-9H2,1-4H3. The molecule has 1 aliphatic heterocycles. The predicted octanol–water partition coefficient (Wildman–Crippen LogP) is 3.88. The highest BCUT2D eigenvalue weighted by atomic mass is 32.1. The SMILES string of the molecule is CCC1CCCN(c2nc(C(C)(C)C)c(C=O)s2)C1. The van der Waals surface area contributed by atoms with Crippen molar-refractivity contribution in [3.05, 3.63) is 10.6 Å². The van der Waals surface area contributed by atoms with E-state index >= 15 is 0 Å². The average Bonchev–Trinajstić information content (AvgIpc) is 2.83. The molecule has 0 aromatic carbocycles. The van der Waals surface area contributed by atoms with Crippen LogP contribution in [0.1, 0.15) is 62.3 Å². The smallest absolute Gasteiger partial charge is 0.186 e. The molecule has 3 nitrogen and oxygen atoms in total. The molecule has 1 fully saturated rings. The Morgan fingerprint density at radius 1 is 1.47 bits per heavy atom. The first-order valence-electron chi connectivity index (χ1n) is 7.17. The summed E-state index contributed by atoms with van der Waals surface area (Å²) in [5, 5.41) is 1.03. The average molecular weight is 280 g/mol. The highest BCUT2D eigenvalue weighted by molar-refractivity contribution is 7.17. The summed E-state index contributed by atoms with van der Waals surface area (Å²) in [5.74, 6) is 0.774. The largest absolute Gasteiger partial charge is 0.348 e. The van der Waals surface area contributed by atoms with Crippen LogP contribution in [0.3, 0.4) is 0 Å². The fraction of sp³-hybridized carbons (Fsp3) is 0.733. The van der Waals surface area contributed by atoms with Crippen LogP contribution < -0.4 is 4.90 Å². The van der Waals surface area contributed by atoms with E-state index in [1.807, 2.05) is 0 Å². The summed E-state index contributed by atoms with van der Waals surface area (Å²) in [7, 11) is 0. The lowest BCUT2D eigenvalue weighted by molar-refractivity contribution is 0.112. The summed E-state index contributed by atoms with van der Waals surface area (Å²) in [4.78, 5) is 19.2. The Morgan fingerprint density at radius 2 is 2.21 bits per heavy atom. The topological polar surface area (TPSA) is 33.2 Å². The summed E-state index contributed by atoms with van der Waals surface area (Å²) in [6.07, 6.45) is 4.75. The molecule has 106 valence electrons. The van der Waals surface area contributed by atoms with E-state index in [1.165, 1.54) is 19.3 Å². The van der Waals surface area contributed by atoms with Gasteiger partial charge in [0.15, 0.2) is 11.4 Å². The molecular formula is C15H24N2OS. The quantitative estimate of drug-likeness (QED) is 0.788. The Labute approximate surface area is 120 Å². The van der Waals surface area contributed by atoms with Crippen molar-refractivity contribution < 1.29 is 4.79 Å². The minimum atomic E-state index is -0.0645. The van der Waals surface area contributed by atoms with Gasteiger partial charge in [-0.3, -0.25) is 4.79 Å². The van der Waals surface area contributed by atoms with Crippen molar-refractivity contribution in [2.45, 2.75) is 52.4 Å². The molecule has 1 aromatic heterocycles. The third-order valence-electron chi connectivity index (χ3n) is 3.83. The maximum absolute atomic E-state index is 11.2. The Kier molecular flexibility index (Phi) is 4.29. The monoisotopic (exact) mass is 280 g/mol. The second-order valence-corrected chi connectivity index (χ2v) is 7.45. The molecule has 1 atom stereocenters. The Hall–Kier alpha value is -0.900. The van der Waals surface area contributed by atoms with Gasteiger partial charge in [0.1, 0.15) is 0 Å². The summed E-state index contributed by atoms with van der Waals surface area (Å²) in [6.45, 7) is 10.8. The molecule has 0 amide bonds. The number of nitrogens with zero attached hydrogens (tertiary/aromatic N) is 2. The van der Waals surface area contributed by atoms with Crippen molar-refractivity contribution in [1.29, 1.82) is 0 Å². The minimum absolute atomic E-state index is 0.0645. The maximum Gasteiger partial charge on any atom is 0.186 e. The van der Waals surface area contributed by atoms with Gasteiger partial charge in [0.2, 0.25) is 0 Å². The molecule has 1 unspecified atom stereocenters. The molecule has 1 aliphatic rings. The number of anilines is 1. The third kappa shape index (κ3) is 3.16. The Morgan fingerprint density at radius 3 is 2.74 bits per heavy atom. The van der Waals surface area contributed by atoms with Crippen LogP contribution in [-0.2, 0) is 5.41 Å². The Bertz CT molecular complexity index is 447. The number of aldehydes is 1. The van der Waals surface area contributed by atoms with Gasteiger partial charge in [-0.25, -0.2) is 4.98 Å². The van der Waals surface area contributed by atoms with Gasteiger partial charge in [-0.15, -0.1) is 0 Å². The van der Waals surface area contributed by atoms with Crippen LogP contribution in [0, 0.1) is 5.92 Å². The zero-order chi connectivity index (χ0) is 14.0. The normalized spacial score (nSPS) is 20.6. The summed E-state index contributed by atoms with van der Waals surface area (Å²) < 4.78 is 0. The van der Waals surface area contributed by atoms with E-state index in [-0.39, 0.29) is 5.41 Å². The van der Waals surface area contributed by atoms with Gasteiger partial charge in [0, 0.05) is 18.5 Å². The lowest BCUT2D eigenvalue weighted by Crippen LogP contribution is -2.35.